The van der Waals surface area contributed by atoms with Gasteiger partial charge in [-0.15, -0.1) is 0 Å². The average molecular weight is 679 g/mol. The molecule has 43 heavy (non-hydrogen) atoms. The van der Waals surface area contributed by atoms with E-state index < -0.39 is 0 Å². The molecule has 2 nitrogen and oxygen atoms in total. The summed E-state index contributed by atoms with van der Waals surface area (Å²) >= 11 is 11.8. The Balaban J connectivity index is 1.13. The predicted molar refractivity (Wildman–Crippen MR) is 203 cm³/mol. The van der Waals surface area contributed by atoms with Crippen LogP contribution < -0.4 is 0 Å². The van der Waals surface area contributed by atoms with E-state index in [9.17, 15) is 0 Å². The van der Waals surface area contributed by atoms with Crippen LogP contribution in [0.15, 0.2) is 121 Å². The third kappa shape index (κ3) is 13.3. The number of hydrogen-bond acceptors (Lipinski definition) is 6. The van der Waals surface area contributed by atoms with Crippen LogP contribution in [0.4, 0.5) is 0 Å². The molecule has 4 aromatic rings. The molecule has 224 valence electrons. The third-order valence-corrected chi connectivity index (χ3v) is 12.8. The van der Waals surface area contributed by atoms with E-state index in [-0.39, 0.29) is 0 Å². The Hall–Kier alpha value is -1.94. The van der Waals surface area contributed by atoms with E-state index in [0.717, 1.165) is 46.3 Å². The van der Waals surface area contributed by atoms with E-state index >= 15 is 0 Å². The third-order valence-electron chi connectivity index (χ3n) is 6.60. The van der Waals surface area contributed by atoms with Gasteiger partial charge in [0.05, 0.1) is 0 Å². The van der Waals surface area contributed by atoms with Crippen molar-refractivity contribution < 1.29 is 0 Å². The smallest absolute Gasteiger partial charge is 0.147 e. The first-order valence-electron chi connectivity index (χ1n) is 14.5. The molecule has 0 unspecified atom stereocenters. The molecule has 0 N–H and O–H groups in total. The van der Waals surface area contributed by atoms with Crippen LogP contribution in [0.3, 0.4) is 0 Å². The molecule has 8 heteroatoms. The molecule has 0 heterocycles. The number of nitrogens with zero attached hydrogens (tertiary/aromatic N) is 2. The lowest BCUT2D eigenvalue weighted by atomic mass is 10.2. The summed E-state index contributed by atoms with van der Waals surface area (Å²) in [6.45, 7) is 3.31. The molecule has 0 atom stereocenters. The number of benzene rings is 4. The highest BCUT2D eigenvalue weighted by Crippen LogP contribution is 2.30. The van der Waals surface area contributed by atoms with Gasteiger partial charge in [0.25, 0.3) is 0 Å². The van der Waals surface area contributed by atoms with Crippen molar-refractivity contribution in [1.82, 2.24) is 9.80 Å². The van der Waals surface area contributed by atoms with Crippen molar-refractivity contribution in [2.75, 3.05) is 11.5 Å². The summed E-state index contributed by atoms with van der Waals surface area (Å²) in [6, 6.07) is 42.4. The van der Waals surface area contributed by atoms with E-state index in [2.05, 4.69) is 131 Å². The summed E-state index contributed by atoms with van der Waals surface area (Å²) in [5.41, 5.74) is 5.13. The topological polar surface area (TPSA) is 6.48 Å². The quantitative estimate of drug-likeness (QED) is 0.0648. The first-order chi connectivity index (χ1) is 21.2. The van der Waals surface area contributed by atoms with Crippen LogP contribution in [0, 0.1) is 0 Å². The van der Waals surface area contributed by atoms with Gasteiger partial charge >= 0.3 is 0 Å². The summed E-state index contributed by atoms with van der Waals surface area (Å²) in [5, 5.41) is 0. The SMILES string of the molecule is S=C(SSCCCCCSSC(=S)N(Cc1ccccc1)Cc1ccccc1)N(Cc1ccccc1)Cc1ccccc1. The van der Waals surface area contributed by atoms with Gasteiger partial charge in [-0.3, -0.25) is 0 Å². The molecule has 0 spiro atoms. The Kier molecular flexibility index (Phi) is 15.9. The maximum absolute atomic E-state index is 5.88. The lowest BCUT2D eigenvalue weighted by molar-refractivity contribution is 0.421. The van der Waals surface area contributed by atoms with Crippen molar-refractivity contribution in [3.8, 4) is 0 Å². The maximum Gasteiger partial charge on any atom is 0.147 e. The molecule has 0 aliphatic rings. The molecule has 4 aromatic carbocycles. The number of hydrogen-bond donors (Lipinski definition) is 0. The summed E-state index contributed by atoms with van der Waals surface area (Å²) in [6.07, 6.45) is 3.61. The summed E-state index contributed by atoms with van der Waals surface area (Å²) in [7, 11) is 7.24. The first kappa shape index (κ1) is 33.9. The molecule has 0 aromatic heterocycles. The van der Waals surface area contributed by atoms with E-state index in [4.69, 9.17) is 24.4 Å². The van der Waals surface area contributed by atoms with Crippen LogP contribution in [-0.2, 0) is 26.2 Å². The minimum atomic E-state index is 0.826. The minimum Gasteiger partial charge on any atom is -0.348 e. The van der Waals surface area contributed by atoms with E-state index in [1.54, 1.807) is 21.6 Å². The zero-order chi connectivity index (χ0) is 30.0. The van der Waals surface area contributed by atoms with Crippen LogP contribution >= 0.6 is 67.6 Å². The lowest BCUT2D eigenvalue weighted by Crippen LogP contribution is -2.26. The second kappa shape index (κ2) is 20.2. The highest BCUT2D eigenvalue weighted by atomic mass is 33.1. The molecule has 0 aliphatic heterocycles. The number of unbranched alkanes of at least 4 members (excludes halogenated alkanes) is 2. The number of rotatable bonds is 16. The molecule has 0 fully saturated rings. The van der Waals surface area contributed by atoms with Crippen LogP contribution in [0.25, 0.3) is 0 Å². The van der Waals surface area contributed by atoms with Gasteiger partial charge in [-0.1, -0.05) is 174 Å². The van der Waals surface area contributed by atoms with Gasteiger partial charge in [0, 0.05) is 37.7 Å². The van der Waals surface area contributed by atoms with Crippen molar-refractivity contribution in [3.05, 3.63) is 144 Å². The molecule has 0 bridgehead atoms. The summed E-state index contributed by atoms with van der Waals surface area (Å²) < 4.78 is 1.91. The predicted octanol–water partition coefficient (Wildman–Crippen LogP) is 10.9. The summed E-state index contributed by atoms with van der Waals surface area (Å²) in [4.78, 5) is 4.63. The van der Waals surface area contributed by atoms with Gasteiger partial charge in [0.15, 0.2) is 0 Å². The lowest BCUT2D eigenvalue weighted by Gasteiger charge is -2.25. The van der Waals surface area contributed by atoms with Gasteiger partial charge < -0.3 is 9.80 Å². The Morgan fingerprint density at radius 3 is 0.977 bits per heavy atom. The second-order valence-electron chi connectivity index (χ2n) is 10.1. The Labute approximate surface area is 284 Å². The van der Waals surface area contributed by atoms with Crippen LogP contribution in [0.2, 0.25) is 0 Å². The standard InChI is InChI=1S/C35H38N2S6/c38-34(36(26-30-16-6-1-7-17-30)27-31-18-8-2-9-19-31)42-40-24-14-5-15-25-41-43-35(39)37(28-32-20-10-3-11-21-32)29-33-22-12-4-13-23-33/h1-4,6-13,16-23H,5,14-15,24-29H2. The largest absolute Gasteiger partial charge is 0.348 e. The van der Waals surface area contributed by atoms with E-state index in [1.165, 1.54) is 41.5 Å². The van der Waals surface area contributed by atoms with E-state index in [1.807, 2.05) is 21.6 Å². The van der Waals surface area contributed by atoms with Gasteiger partial charge in [0.1, 0.15) is 8.64 Å². The molecule has 0 radical (unpaired) electrons. The van der Waals surface area contributed by atoms with Crippen molar-refractivity contribution in [3.63, 3.8) is 0 Å². The van der Waals surface area contributed by atoms with Gasteiger partial charge in [0.2, 0.25) is 0 Å². The van der Waals surface area contributed by atoms with Crippen molar-refractivity contribution >= 4 is 76.3 Å². The second-order valence-corrected chi connectivity index (χ2v) is 16.2. The fourth-order valence-electron chi connectivity index (χ4n) is 4.37. The molecule has 4 rings (SSSR count). The first-order valence-corrected chi connectivity index (χ1v) is 20.0. The average Bonchev–Trinajstić information content (AvgIpc) is 3.05. The molecular weight excluding hydrogens is 641 g/mol. The van der Waals surface area contributed by atoms with Crippen molar-refractivity contribution in [2.45, 2.75) is 45.4 Å². The fourth-order valence-corrected chi connectivity index (χ4v) is 9.42. The Morgan fingerprint density at radius 2 is 0.698 bits per heavy atom. The zero-order valence-corrected chi connectivity index (χ0v) is 29.2. The van der Waals surface area contributed by atoms with Crippen LogP contribution in [-0.4, -0.2) is 29.9 Å². The highest BCUT2D eigenvalue weighted by Gasteiger charge is 2.14. The van der Waals surface area contributed by atoms with E-state index in [0.29, 0.717) is 0 Å². The van der Waals surface area contributed by atoms with Gasteiger partial charge in [-0.05, 0) is 56.7 Å². The number of thiocarbonyl (C=S) groups is 2. The molecule has 0 saturated heterocycles. The van der Waals surface area contributed by atoms with Gasteiger partial charge in [-0.2, -0.15) is 0 Å². The molecular formula is C35H38N2S6. The van der Waals surface area contributed by atoms with Crippen LogP contribution in [0.5, 0.6) is 0 Å². The molecule has 0 aliphatic carbocycles. The maximum atomic E-state index is 5.88. The monoisotopic (exact) mass is 678 g/mol. The zero-order valence-electron chi connectivity index (χ0n) is 24.3. The van der Waals surface area contributed by atoms with Crippen molar-refractivity contribution in [1.29, 1.82) is 0 Å². The normalized spacial score (nSPS) is 10.8. The van der Waals surface area contributed by atoms with Crippen molar-refractivity contribution in [2.24, 2.45) is 0 Å². The summed E-state index contributed by atoms with van der Waals surface area (Å²) in [5.74, 6) is 2.21. The highest BCUT2D eigenvalue weighted by molar-refractivity contribution is 8.84. The Bertz CT molecular complexity index is 1150. The fraction of sp³-hybridized carbons (Fsp3) is 0.257. The molecule has 0 amide bonds. The van der Waals surface area contributed by atoms with Gasteiger partial charge in [-0.25, -0.2) is 0 Å². The Morgan fingerprint density at radius 1 is 0.419 bits per heavy atom. The minimum absolute atomic E-state index is 0.826. The molecule has 0 saturated carbocycles. The van der Waals surface area contributed by atoms with Crippen LogP contribution in [0.1, 0.15) is 41.5 Å².